The Hall–Kier alpha value is -2.75. The van der Waals surface area contributed by atoms with Crippen LogP contribution in [0.25, 0.3) is 11.0 Å². The van der Waals surface area contributed by atoms with E-state index >= 15 is 0 Å². The van der Waals surface area contributed by atoms with Crippen LogP contribution in [-0.2, 0) is 32.5 Å². The van der Waals surface area contributed by atoms with Crippen molar-refractivity contribution in [2.45, 2.75) is 44.6 Å². The van der Waals surface area contributed by atoms with E-state index in [0.717, 1.165) is 35.6 Å². The summed E-state index contributed by atoms with van der Waals surface area (Å²) in [6.07, 6.45) is 1.67. The summed E-state index contributed by atoms with van der Waals surface area (Å²) in [6, 6.07) is 12.8. The van der Waals surface area contributed by atoms with E-state index in [-0.39, 0.29) is 10.8 Å². The Morgan fingerprint density at radius 3 is 2.55 bits per heavy atom. The molecule has 0 aliphatic carbocycles. The summed E-state index contributed by atoms with van der Waals surface area (Å²) in [7, 11) is -3.59. The number of amides is 1. The predicted molar refractivity (Wildman–Crippen MR) is 128 cm³/mol. The Morgan fingerprint density at radius 1 is 1.12 bits per heavy atom. The molecule has 0 atom stereocenters. The van der Waals surface area contributed by atoms with Gasteiger partial charge in [0, 0.05) is 38.2 Å². The van der Waals surface area contributed by atoms with Gasteiger partial charge in [0.1, 0.15) is 5.82 Å². The zero-order chi connectivity index (χ0) is 23.4. The van der Waals surface area contributed by atoms with E-state index < -0.39 is 10.0 Å². The molecule has 0 unspecified atom stereocenters. The van der Waals surface area contributed by atoms with Crippen molar-refractivity contribution >= 4 is 32.7 Å². The number of ether oxygens (including phenoxy) is 1. The lowest BCUT2D eigenvalue weighted by Gasteiger charge is -2.26. The van der Waals surface area contributed by atoms with E-state index in [1.54, 1.807) is 12.1 Å². The minimum Gasteiger partial charge on any atom is -0.379 e. The third-order valence-electron chi connectivity index (χ3n) is 5.76. The minimum absolute atomic E-state index is 0.0791. The number of aromatic nitrogens is 2. The van der Waals surface area contributed by atoms with Gasteiger partial charge in [0.25, 0.3) is 0 Å². The average molecular weight is 471 g/mol. The Balaban J connectivity index is 1.54. The molecule has 8 nitrogen and oxygen atoms in total. The smallest absolute Gasteiger partial charge is 0.243 e. The van der Waals surface area contributed by atoms with Crippen molar-refractivity contribution in [3.63, 3.8) is 0 Å². The molecule has 33 heavy (non-hydrogen) atoms. The van der Waals surface area contributed by atoms with E-state index in [4.69, 9.17) is 9.72 Å². The van der Waals surface area contributed by atoms with Crippen molar-refractivity contribution in [2.75, 3.05) is 31.6 Å². The van der Waals surface area contributed by atoms with E-state index in [9.17, 15) is 13.2 Å². The number of imidazole rings is 1. The monoisotopic (exact) mass is 470 g/mol. The second-order valence-corrected chi connectivity index (χ2v) is 10.2. The first-order valence-electron chi connectivity index (χ1n) is 11.3. The first-order chi connectivity index (χ1) is 15.9. The number of sulfonamides is 1. The maximum Gasteiger partial charge on any atom is 0.243 e. The third kappa shape index (κ3) is 5.26. The molecule has 2 heterocycles. The maximum absolute atomic E-state index is 13.0. The highest BCUT2D eigenvalue weighted by molar-refractivity contribution is 7.89. The van der Waals surface area contributed by atoms with E-state index in [1.165, 1.54) is 4.31 Å². The van der Waals surface area contributed by atoms with E-state index in [0.29, 0.717) is 44.7 Å². The average Bonchev–Trinajstić information content (AvgIpc) is 3.17. The lowest BCUT2D eigenvalue weighted by molar-refractivity contribution is -0.116. The Bertz CT molecular complexity index is 1230. The largest absolute Gasteiger partial charge is 0.379 e. The molecule has 2 aromatic carbocycles. The summed E-state index contributed by atoms with van der Waals surface area (Å²) in [5.41, 5.74) is 3.42. The molecule has 1 aliphatic heterocycles. The molecule has 1 amide bonds. The molecule has 4 rings (SSSR count). The van der Waals surface area contributed by atoms with Crippen molar-refractivity contribution in [3.05, 3.63) is 53.9 Å². The second kappa shape index (κ2) is 10.0. The van der Waals surface area contributed by atoms with Crippen LogP contribution in [0.1, 0.15) is 31.2 Å². The number of rotatable bonds is 8. The molecule has 3 aromatic rings. The fourth-order valence-corrected chi connectivity index (χ4v) is 5.43. The number of carbonyl (C=O) groups is 1. The molecule has 1 fully saturated rings. The lowest BCUT2D eigenvalue weighted by Crippen LogP contribution is -2.40. The zero-order valence-corrected chi connectivity index (χ0v) is 19.9. The number of morpholine rings is 1. The molecule has 1 aromatic heterocycles. The van der Waals surface area contributed by atoms with Crippen LogP contribution >= 0.6 is 0 Å². The molecular formula is C24H30N4O4S. The number of anilines is 1. The number of hydrogen-bond donors (Lipinski definition) is 1. The summed E-state index contributed by atoms with van der Waals surface area (Å²) in [6.45, 7) is 6.35. The van der Waals surface area contributed by atoms with Gasteiger partial charge in [0.15, 0.2) is 0 Å². The second-order valence-electron chi connectivity index (χ2n) is 8.26. The molecule has 1 N–H and O–H groups in total. The molecule has 9 heteroatoms. The van der Waals surface area contributed by atoms with Crippen LogP contribution < -0.4 is 5.32 Å². The van der Waals surface area contributed by atoms with Crippen molar-refractivity contribution < 1.29 is 17.9 Å². The van der Waals surface area contributed by atoms with Gasteiger partial charge in [-0.3, -0.25) is 4.79 Å². The zero-order valence-electron chi connectivity index (χ0n) is 19.1. The molecule has 0 saturated carbocycles. The van der Waals surface area contributed by atoms with Gasteiger partial charge in [-0.15, -0.1) is 0 Å². The molecule has 0 radical (unpaired) electrons. The summed E-state index contributed by atoms with van der Waals surface area (Å²) in [5, 5.41) is 2.92. The Morgan fingerprint density at radius 2 is 1.85 bits per heavy atom. The number of nitrogens with one attached hydrogen (secondary N) is 1. The highest BCUT2D eigenvalue weighted by atomic mass is 32.2. The number of nitrogens with zero attached hydrogens (tertiary/aromatic N) is 3. The van der Waals surface area contributed by atoms with Crippen LogP contribution in [0.4, 0.5) is 5.69 Å². The number of fused-ring (bicyclic) bond motifs is 1. The molecular weight excluding hydrogens is 440 g/mol. The highest BCUT2D eigenvalue weighted by Crippen LogP contribution is 2.24. The van der Waals surface area contributed by atoms with Gasteiger partial charge in [0.2, 0.25) is 15.9 Å². The predicted octanol–water partition coefficient (Wildman–Crippen LogP) is 3.35. The normalized spacial score (nSPS) is 15.1. The molecule has 1 aliphatic rings. The first-order valence-corrected chi connectivity index (χ1v) is 12.8. The Labute approximate surface area is 194 Å². The van der Waals surface area contributed by atoms with Gasteiger partial charge in [-0.25, -0.2) is 13.4 Å². The van der Waals surface area contributed by atoms with Gasteiger partial charge >= 0.3 is 0 Å². The van der Waals surface area contributed by atoms with Crippen LogP contribution in [0.2, 0.25) is 0 Å². The standard InChI is InChI=1S/C24H30N4O4S/c1-3-12-28-22-9-8-20(33(30,31)27-13-15-32-16-14-27)17-21(22)26-23(28)10-11-24(29)25-19-6-4-18(2)5-7-19/h4-9,17H,3,10-16H2,1-2H3,(H,25,29). The van der Waals surface area contributed by atoms with Gasteiger partial charge in [-0.05, 0) is 43.7 Å². The van der Waals surface area contributed by atoms with E-state index in [1.807, 2.05) is 37.3 Å². The van der Waals surface area contributed by atoms with Gasteiger partial charge in [-0.2, -0.15) is 4.31 Å². The molecule has 0 bridgehead atoms. The highest BCUT2D eigenvalue weighted by Gasteiger charge is 2.27. The molecule has 0 spiro atoms. The van der Waals surface area contributed by atoms with Crippen molar-refractivity contribution in [1.29, 1.82) is 0 Å². The topological polar surface area (TPSA) is 93.5 Å². The number of hydrogen-bond acceptors (Lipinski definition) is 5. The van der Waals surface area contributed by atoms with Gasteiger partial charge in [0.05, 0.1) is 29.1 Å². The summed E-state index contributed by atoms with van der Waals surface area (Å²) >= 11 is 0. The first kappa shape index (κ1) is 23.4. The van der Waals surface area contributed by atoms with Crippen molar-refractivity contribution in [2.24, 2.45) is 0 Å². The maximum atomic E-state index is 13.0. The number of aryl methyl sites for hydroxylation is 3. The summed E-state index contributed by atoms with van der Waals surface area (Å²) in [4.78, 5) is 17.4. The van der Waals surface area contributed by atoms with Gasteiger partial charge in [-0.1, -0.05) is 24.6 Å². The van der Waals surface area contributed by atoms with E-state index in [2.05, 4.69) is 16.8 Å². The number of benzene rings is 2. The van der Waals surface area contributed by atoms with Crippen LogP contribution in [0.3, 0.4) is 0 Å². The fraction of sp³-hybridized carbons (Fsp3) is 0.417. The van der Waals surface area contributed by atoms with Crippen molar-refractivity contribution in [1.82, 2.24) is 13.9 Å². The van der Waals surface area contributed by atoms with Crippen LogP contribution in [0, 0.1) is 6.92 Å². The summed E-state index contributed by atoms with van der Waals surface area (Å²) in [5.74, 6) is 0.705. The van der Waals surface area contributed by atoms with Crippen LogP contribution in [0.5, 0.6) is 0 Å². The SMILES string of the molecule is CCCn1c(CCC(=O)Nc2ccc(C)cc2)nc2cc(S(=O)(=O)N3CCOCC3)ccc21. The van der Waals surface area contributed by atoms with Crippen LogP contribution in [-0.4, -0.2) is 54.5 Å². The summed E-state index contributed by atoms with van der Waals surface area (Å²) < 4.78 is 34.9. The fourth-order valence-electron chi connectivity index (χ4n) is 4.01. The Kier molecular flexibility index (Phi) is 7.11. The number of carbonyl (C=O) groups excluding carboxylic acids is 1. The third-order valence-corrected chi connectivity index (χ3v) is 7.66. The van der Waals surface area contributed by atoms with Gasteiger partial charge < -0.3 is 14.6 Å². The quantitative estimate of drug-likeness (QED) is 0.545. The van der Waals surface area contributed by atoms with Crippen LogP contribution in [0.15, 0.2) is 47.4 Å². The minimum atomic E-state index is -3.59. The molecule has 1 saturated heterocycles. The molecule has 176 valence electrons. The van der Waals surface area contributed by atoms with Crippen molar-refractivity contribution in [3.8, 4) is 0 Å². The lowest BCUT2D eigenvalue weighted by atomic mass is 10.2.